The highest BCUT2D eigenvalue weighted by molar-refractivity contribution is 5.54. The molecule has 1 aromatic rings. The summed E-state index contributed by atoms with van der Waals surface area (Å²) in [5.41, 5.74) is 0.0284. The van der Waals surface area contributed by atoms with Crippen LogP contribution in [0.25, 0.3) is 0 Å². The molecule has 7 heteroatoms. The molecule has 20 heavy (non-hydrogen) atoms. The minimum atomic E-state index is -0.419. The number of ether oxygens (including phenoxy) is 1. The van der Waals surface area contributed by atoms with Crippen molar-refractivity contribution in [3.8, 4) is 0 Å². The summed E-state index contributed by atoms with van der Waals surface area (Å²) in [5, 5.41) is 16.9. The minimum Gasteiger partial charge on any atom is -0.381 e. The van der Waals surface area contributed by atoms with Gasteiger partial charge in [0.25, 0.3) is 5.69 Å². The molecule has 0 aliphatic heterocycles. The van der Waals surface area contributed by atoms with Crippen LogP contribution in [0.3, 0.4) is 0 Å². The molecule has 0 saturated carbocycles. The van der Waals surface area contributed by atoms with E-state index in [-0.39, 0.29) is 5.69 Å². The second-order valence-electron chi connectivity index (χ2n) is 4.28. The Morgan fingerprint density at radius 1 is 1.25 bits per heavy atom. The van der Waals surface area contributed by atoms with Gasteiger partial charge in [0.15, 0.2) is 0 Å². The van der Waals surface area contributed by atoms with Crippen molar-refractivity contribution < 1.29 is 9.66 Å². The number of nitrogens with zero attached hydrogens (tertiary/aromatic N) is 2. The van der Waals surface area contributed by atoms with Crippen molar-refractivity contribution in [1.29, 1.82) is 0 Å². The Morgan fingerprint density at radius 2 is 1.95 bits per heavy atom. The van der Waals surface area contributed by atoms with Crippen molar-refractivity contribution in [2.45, 2.75) is 26.7 Å². The Kier molecular flexibility index (Phi) is 7.34. The Morgan fingerprint density at radius 3 is 2.55 bits per heavy atom. The van der Waals surface area contributed by atoms with E-state index >= 15 is 0 Å². The molecule has 0 bridgehead atoms. The van der Waals surface area contributed by atoms with Crippen molar-refractivity contribution in [3.63, 3.8) is 0 Å². The summed E-state index contributed by atoms with van der Waals surface area (Å²) in [6.45, 7) is 6.75. The zero-order chi connectivity index (χ0) is 14.8. The fraction of sp³-hybridized carbons (Fsp3) is 0.615. The highest BCUT2D eigenvalue weighted by Gasteiger charge is 2.10. The van der Waals surface area contributed by atoms with Crippen molar-refractivity contribution in [1.82, 2.24) is 4.98 Å². The van der Waals surface area contributed by atoms with Gasteiger partial charge in [-0.3, -0.25) is 10.1 Å². The maximum absolute atomic E-state index is 10.9. The second-order valence-corrected chi connectivity index (χ2v) is 4.28. The van der Waals surface area contributed by atoms with Crippen LogP contribution in [-0.4, -0.2) is 36.2 Å². The van der Waals surface area contributed by atoms with Gasteiger partial charge in [0.05, 0.1) is 17.1 Å². The van der Waals surface area contributed by atoms with Crippen LogP contribution >= 0.6 is 0 Å². The Bertz CT molecular complexity index is 426. The van der Waals surface area contributed by atoms with Crippen LogP contribution in [0, 0.1) is 10.1 Å². The average molecular weight is 282 g/mol. The Labute approximate surface area is 118 Å². The van der Waals surface area contributed by atoms with Crippen LogP contribution in [0.5, 0.6) is 0 Å². The van der Waals surface area contributed by atoms with E-state index in [1.807, 2.05) is 6.92 Å². The molecule has 0 unspecified atom stereocenters. The minimum absolute atomic E-state index is 0.0284. The van der Waals surface area contributed by atoms with Gasteiger partial charge in [-0.1, -0.05) is 6.92 Å². The number of hydrogen-bond donors (Lipinski definition) is 2. The van der Waals surface area contributed by atoms with Gasteiger partial charge in [0.2, 0.25) is 0 Å². The summed E-state index contributed by atoms with van der Waals surface area (Å²) in [7, 11) is 0. The van der Waals surface area contributed by atoms with Gasteiger partial charge in [-0.2, -0.15) is 0 Å². The smallest absolute Gasteiger partial charge is 0.276 e. The lowest BCUT2D eigenvalue weighted by Crippen LogP contribution is -2.09. The monoisotopic (exact) mass is 282 g/mol. The highest BCUT2D eigenvalue weighted by Crippen LogP contribution is 2.20. The lowest BCUT2D eigenvalue weighted by atomic mass is 10.3. The molecule has 7 nitrogen and oxygen atoms in total. The van der Waals surface area contributed by atoms with Crippen LogP contribution in [-0.2, 0) is 4.74 Å². The van der Waals surface area contributed by atoms with E-state index in [0.29, 0.717) is 31.3 Å². The van der Waals surface area contributed by atoms with Crippen molar-refractivity contribution in [2.75, 3.05) is 36.9 Å². The molecule has 0 aliphatic carbocycles. The zero-order valence-electron chi connectivity index (χ0n) is 12.0. The molecule has 0 aliphatic rings. The fourth-order valence-corrected chi connectivity index (χ4v) is 1.62. The number of nitrogens with one attached hydrogen (secondary N) is 2. The number of aromatic nitrogens is 1. The van der Waals surface area contributed by atoms with Gasteiger partial charge in [-0.25, -0.2) is 4.98 Å². The van der Waals surface area contributed by atoms with E-state index in [4.69, 9.17) is 4.74 Å². The summed E-state index contributed by atoms with van der Waals surface area (Å²) in [5.74, 6) is 1.01. The van der Waals surface area contributed by atoms with Crippen LogP contribution in [0.2, 0.25) is 0 Å². The topological polar surface area (TPSA) is 89.3 Å². The van der Waals surface area contributed by atoms with E-state index in [1.165, 1.54) is 12.1 Å². The lowest BCUT2D eigenvalue weighted by Gasteiger charge is -2.08. The maximum Gasteiger partial charge on any atom is 0.276 e. The fourth-order valence-electron chi connectivity index (χ4n) is 1.62. The molecule has 0 saturated heterocycles. The molecule has 0 aromatic carbocycles. The second kappa shape index (κ2) is 9.08. The molecule has 2 N–H and O–H groups in total. The maximum atomic E-state index is 10.9. The van der Waals surface area contributed by atoms with E-state index in [1.54, 1.807) is 0 Å². The summed E-state index contributed by atoms with van der Waals surface area (Å²) in [4.78, 5) is 14.7. The standard InChI is InChI=1S/C13H22N4O3/c1-3-7-20-8-5-6-15-13-10-11(17(18)19)9-12(16-13)14-4-2/h9-10H,3-8H2,1-2H3,(H2,14,15,16). The predicted octanol–water partition coefficient (Wildman–Crippen LogP) is 2.65. The SMILES string of the molecule is CCCOCCCNc1cc([N+](=O)[O-])cc(NCC)n1. The summed E-state index contributed by atoms with van der Waals surface area (Å²) >= 11 is 0. The van der Waals surface area contributed by atoms with Crippen molar-refractivity contribution >= 4 is 17.3 Å². The van der Waals surface area contributed by atoms with E-state index in [0.717, 1.165) is 19.4 Å². The molecule has 0 atom stereocenters. The van der Waals surface area contributed by atoms with Gasteiger partial charge in [-0.15, -0.1) is 0 Å². The highest BCUT2D eigenvalue weighted by atomic mass is 16.6. The Hall–Kier alpha value is -1.89. The number of hydrogen-bond acceptors (Lipinski definition) is 6. The van der Waals surface area contributed by atoms with Gasteiger partial charge >= 0.3 is 0 Å². The number of nitro groups is 1. The van der Waals surface area contributed by atoms with E-state index in [2.05, 4.69) is 22.5 Å². The van der Waals surface area contributed by atoms with Gasteiger partial charge in [0.1, 0.15) is 11.6 Å². The van der Waals surface area contributed by atoms with Crippen LogP contribution < -0.4 is 10.6 Å². The third-order valence-electron chi connectivity index (χ3n) is 2.50. The molecule has 0 amide bonds. The summed E-state index contributed by atoms with van der Waals surface area (Å²) in [6.07, 6.45) is 1.84. The third-order valence-corrected chi connectivity index (χ3v) is 2.50. The number of anilines is 2. The molecule has 1 heterocycles. The predicted molar refractivity (Wildman–Crippen MR) is 79.3 cm³/mol. The molecule has 1 rings (SSSR count). The van der Waals surface area contributed by atoms with Crippen LogP contribution in [0.15, 0.2) is 12.1 Å². The number of pyridine rings is 1. The first-order valence-corrected chi connectivity index (χ1v) is 6.89. The lowest BCUT2D eigenvalue weighted by molar-refractivity contribution is -0.384. The first-order chi connectivity index (χ1) is 9.67. The zero-order valence-corrected chi connectivity index (χ0v) is 12.0. The molecule has 112 valence electrons. The van der Waals surface area contributed by atoms with E-state index in [9.17, 15) is 10.1 Å². The first-order valence-electron chi connectivity index (χ1n) is 6.89. The molecule has 0 fully saturated rings. The van der Waals surface area contributed by atoms with Gasteiger partial charge in [0, 0.05) is 26.3 Å². The normalized spacial score (nSPS) is 10.3. The Balaban J connectivity index is 2.53. The summed E-state index contributed by atoms with van der Waals surface area (Å²) in [6, 6.07) is 2.87. The third kappa shape index (κ3) is 5.83. The molecular weight excluding hydrogens is 260 g/mol. The molecule has 0 spiro atoms. The number of rotatable bonds is 10. The van der Waals surface area contributed by atoms with Gasteiger partial charge < -0.3 is 15.4 Å². The van der Waals surface area contributed by atoms with Crippen molar-refractivity contribution in [2.24, 2.45) is 0 Å². The average Bonchev–Trinajstić information content (AvgIpc) is 2.43. The molecular formula is C13H22N4O3. The van der Waals surface area contributed by atoms with Gasteiger partial charge in [-0.05, 0) is 19.8 Å². The first kappa shape index (κ1) is 16.2. The largest absolute Gasteiger partial charge is 0.381 e. The quantitative estimate of drug-likeness (QED) is 0.389. The van der Waals surface area contributed by atoms with E-state index < -0.39 is 4.92 Å². The van der Waals surface area contributed by atoms with Crippen LogP contribution in [0.4, 0.5) is 17.3 Å². The van der Waals surface area contributed by atoms with Crippen LogP contribution in [0.1, 0.15) is 26.7 Å². The van der Waals surface area contributed by atoms with Crippen molar-refractivity contribution in [3.05, 3.63) is 22.2 Å². The molecule has 1 aromatic heterocycles. The molecule has 0 radical (unpaired) electrons. The summed E-state index contributed by atoms with van der Waals surface area (Å²) < 4.78 is 5.36.